The molecule has 0 aliphatic heterocycles. The number of benzene rings is 2. The van der Waals surface area contributed by atoms with Gasteiger partial charge in [0.2, 0.25) is 5.82 Å². The van der Waals surface area contributed by atoms with Crippen molar-refractivity contribution in [3.8, 4) is 11.4 Å². The highest BCUT2D eigenvalue weighted by Crippen LogP contribution is 2.34. The third-order valence-corrected chi connectivity index (χ3v) is 6.93. The molecule has 1 heterocycles. The molecule has 1 atom stereocenters. The SMILES string of the molecule is Cc1ccccc1-c1noc(/C=C/C2CCC(C(CCc3ccccc3)N(C)C)CC2)n1. The summed E-state index contributed by atoms with van der Waals surface area (Å²) in [6.07, 6.45) is 11.7. The molecule has 0 saturated heterocycles. The lowest BCUT2D eigenvalue weighted by atomic mass is 9.76. The number of hydrogen-bond donors (Lipinski definition) is 0. The van der Waals surface area contributed by atoms with Crippen molar-refractivity contribution in [1.82, 2.24) is 15.0 Å². The Kier molecular flexibility index (Phi) is 7.54. The molecule has 1 aromatic heterocycles. The van der Waals surface area contributed by atoms with Crippen molar-refractivity contribution in [3.63, 3.8) is 0 Å². The van der Waals surface area contributed by atoms with Crippen molar-refractivity contribution < 1.29 is 4.52 Å². The molecule has 4 nitrogen and oxygen atoms in total. The van der Waals surface area contributed by atoms with Crippen LogP contribution in [0.1, 0.15) is 49.1 Å². The summed E-state index contributed by atoms with van der Waals surface area (Å²) in [5.41, 5.74) is 3.63. The largest absolute Gasteiger partial charge is 0.334 e. The van der Waals surface area contributed by atoms with Gasteiger partial charge in [-0.3, -0.25) is 0 Å². The first kappa shape index (κ1) is 22.5. The van der Waals surface area contributed by atoms with Crippen LogP contribution in [0.4, 0.5) is 0 Å². The quantitative estimate of drug-likeness (QED) is 0.414. The van der Waals surface area contributed by atoms with E-state index in [0.29, 0.717) is 23.7 Å². The van der Waals surface area contributed by atoms with Crippen LogP contribution in [0.5, 0.6) is 0 Å². The second-order valence-electron chi connectivity index (χ2n) is 9.36. The van der Waals surface area contributed by atoms with E-state index in [0.717, 1.165) is 23.5 Å². The minimum absolute atomic E-state index is 0.594. The summed E-state index contributed by atoms with van der Waals surface area (Å²) in [6.45, 7) is 2.07. The van der Waals surface area contributed by atoms with Gasteiger partial charge in [0.1, 0.15) is 0 Å². The summed E-state index contributed by atoms with van der Waals surface area (Å²) < 4.78 is 5.48. The van der Waals surface area contributed by atoms with Crippen molar-refractivity contribution in [3.05, 3.63) is 77.7 Å². The molecule has 1 unspecified atom stereocenters. The van der Waals surface area contributed by atoms with E-state index in [1.807, 2.05) is 24.3 Å². The molecule has 4 heteroatoms. The number of aromatic nitrogens is 2. The van der Waals surface area contributed by atoms with Gasteiger partial charge >= 0.3 is 0 Å². The second kappa shape index (κ2) is 10.7. The summed E-state index contributed by atoms with van der Waals surface area (Å²) in [6, 6.07) is 19.7. The van der Waals surface area contributed by atoms with E-state index in [2.05, 4.69) is 78.5 Å². The van der Waals surface area contributed by atoms with Crippen molar-refractivity contribution >= 4 is 6.08 Å². The molecule has 0 spiro atoms. The first-order valence-corrected chi connectivity index (χ1v) is 11.9. The molecule has 0 N–H and O–H groups in total. The van der Waals surface area contributed by atoms with Crippen LogP contribution in [0.25, 0.3) is 17.5 Å². The maximum absolute atomic E-state index is 5.48. The van der Waals surface area contributed by atoms with Gasteiger partial charge < -0.3 is 9.42 Å². The zero-order valence-corrected chi connectivity index (χ0v) is 19.6. The molecule has 0 amide bonds. The Labute approximate surface area is 192 Å². The number of aryl methyl sites for hydroxylation is 2. The fourth-order valence-electron chi connectivity index (χ4n) is 5.05. The smallest absolute Gasteiger partial charge is 0.250 e. The number of rotatable bonds is 8. The Morgan fingerprint density at radius 3 is 2.44 bits per heavy atom. The minimum atomic E-state index is 0.594. The third kappa shape index (κ3) is 5.74. The molecule has 0 radical (unpaired) electrons. The maximum atomic E-state index is 5.48. The van der Waals surface area contributed by atoms with E-state index in [1.54, 1.807) is 0 Å². The molecule has 3 aromatic rings. The molecule has 0 bridgehead atoms. The predicted molar refractivity (Wildman–Crippen MR) is 131 cm³/mol. The average Bonchev–Trinajstić information content (AvgIpc) is 3.28. The summed E-state index contributed by atoms with van der Waals surface area (Å²) in [7, 11) is 4.48. The summed E-state index contributed by atoms with van der Waals surface area (Å²) in [5.74, 6) is 2.63. The first-order valence-electron chi connectivity index (χ1n) is 11.9. The lowest BCUT2D eigenvalue weighted by Gasteiger charge is -2.37. The van der Waals surface area contributed by atoms with E-state index < -0.39 is 0 Å². The highest BCUT2D eigenvalue weighted by atomic mass is 16.5. The van der Waals surface area contributed by atoms with Crippen LogP contribution < -0.4 is 0 Å². The van der Waals surface area contributed by atoms with Crippen LogP contribution in [-0.2, 0) is 6.42 Å². The molecule has 1 fully saturated rings. The van der Waals surface area contributed by atoms with Gasteiger partial charge in [-0.15, -0.1) is 0 Å². The molecule has 4 rings (SSSR count). The Morgan fingerprint density at radius 1 is 1.00 bits per heavy atom. The van der Waals surface area contributed by atoms with Crippen molar-refractivity contribution in [1.29, 1.82) is 0 Å². The number of nitrogens with zero attached hydrogens (tertiary/aromatic N) is 3. The van der Waals surface area contributed by atoms with E-state index in [1.165, 1.54) is 37.7 Å². The molecule has 32 heavy (non-hydrogen) atoms. The summed E-state index contributed by atoms with van der Waals surface area (Å²) in [4.78, 5) is 7.01. The summed E-state index contributed by atoms with van der Waals surface area (Å²) >= 11 is 0. The Balaban J connectivity index is 1.30. The van der Waals surface area contributed by atoms with Gasteiger partial charge in [-0.25, -0.2) is 0 Å². The highest BCUT2D eigenvalue weighted by Gasteiger charge is 2.28. The van der Waals surface area contributed by atoms with Crippen LogP contribution in [0.2, 0.25) is 0 Å². The van der Waals surface area contributed by atoms with Crippen LogP contribution in [0, 0.1) is 18.8 Å². The lowest BCUT2D eigenvalue weighted by molar-refractivity contribution is 0.150. The second-order valence-corrected chi connectivity index (χ2v) is 9.36. The van der Waals surface area contributed by atoms with Gasteiger partial charge in [0.15, 0.2) is 0 Å². The van der Waals surface area contributed by atoms with E-state index in [-0.39, 0.29) is 0 Å². The van der Waals surface area contributed by atoms with Crippen LogP contribution in [0.3, 0.4) is 0 Å². The Morgan fingerprint density at radius 2 is 1.72 bits per heavy atom. The molecular formula is C28H35N3O. The van der Waals surface area contributed by atoms with Gasteiger partial charge in [-0.1, -0.05) is 65.8 Å². The van der Waals surface area contributed by atoms with Gasteiger partial charge in [0.25, 0.3) is 5.89 Å². The van der Waals surface area contributed by atoms with Crippen molar-refractivity contribution in [2.24, 2.45) is 11.8 Å². The minimum Gasteiger partial charge on any atom is -0.334 e. The first-order chi connectivity index (χ1) is 15.6. The lowest BCUT2D eigenvalue weighted by Crippen LogP contribution is -2.37. The van der Waals surface area contributed by atoms with Gasteiger partial charge in [0, 0.05) is 11.6 Å². The zero-order valence-electron chi connectivity index (χ0n) is 19.6. The van der Waals surface area contributed by atoms with E-state index in [9.17, 15) is 0 Å². The maximum Gasteiger partial charge on any atom is 0.250 e. The standard InChI is InChI=1S/C28H35N3O/c1-21-9-7-8-12-25(21)28-29-27(32-30-28)20-16-23-13-17-24(18-14-23)26(31(2)3)19-15-22-10-5-4-6-11-22/h4-12,16,20,23-24,26H,13-15,17-19H2,1-3H3/b20-16+. The van der Waals surface area contributed by atoms with Gasteiger partial charge in [-0.05, 0) is 88.6 Å². The molecular weight excluding hydrogens is 394 g/mol. The Hall–Kier alpha value is -2.72. The van der Waals surface area contributed by atoms with Gasteiger partial charge in [0.05, 0.1) is 0 Å². The van der Waals surface area contributed by atoms with Crippen LogP contribution in [0.15, 0.2) is 65.2 Å². The molecule has 1 aliphatic carbocycles. The van der Waals surface area contributed by atoms with E-state index >= 15 is 0 Å². The van der Waals surface area contributed by atoms with Crippen LogP contribution in [-0.4, -0.2) is 35.2 Å². The Bertz CT molecular complexity index is 1000. The van der Waals surface area contributed by atoms with Crippen LogP contribution >= 0.6 is 0 Å². The third-order valence-electron chi connectivity index (χ3n) is 6.93. The predicted octanol–water partition coefficient (Wildman–Crippen LogP) is 6.43. The van der Waals surface area contributed by atoms with Crippen molar-refractivity contribution in [2.75, 3.05) is 14.1 Å². The molecule has 2 aromatic carbocycles. The molecule has 1 aliphatic rings. The normalized spacial score (nSPS) is 20.1. The highest BCUT2D eigenvalue weighted by molar-refractivity contribution is 5.60. The number of hydrogen-bond acceptors (Lipinski definition) is 4. The van der Waals surface area contributed by atoms with E-state index in [4.69, 9.17) is 4.52 Å². The summed E-state index contributed by atoms with van der Waals surface area (Å²) in [5, 5.41) is 4.17. The monoisotopic (exact) mass is 429 g/mol. The fraction of sp³-hybridized carbons (Fsp3) is 0.429. The van der Waals surface area contributed by atoms with Gasteiger partial charge in [-0.2, -0.15) is 4.98 Å². The average molecular weight is 430 g/mol. The zero-order chi connectivity index (χ0) is 22.3. The molecule has 168 valence electrons. The fourth-order valence-corrected chi connectivity index (χ4v) is 5.05. The number of allylic oxidation sites excluding steroid dienone is 1. The topological polar surface area (TPSA) is 42.2 Å². The van der Waals surface area contributed by atoms with Crippen molar-refractivity contribution in [2.45, 2.75) is 51.5 Å². The molecule has 1 saturated carbocycles.